The lowest BCUT2D eigenvalue weighted by molar-refractivity contribution is 0.104. The molecule has 0 amide bonds. The van der Waals surface area contributed by atoms with Crippen molar-refractivity contribution in [3.8, 4) is 22.8 Å². The summed E-state index contributed by atoms with van der Waals surface area (Å²) < 4.78 is 13.8. The molecule has 5 heterocycles. The van der Waals surface area contributed by atoms with Gasteiger partial charge in [-0.05, 0) is 44.0 Å². The minimum absolute atomic E-state index is 0.246. The van der Waals surface area contributed by atoms with Crippen LogP contribution in [0.2, 0.25) is 5.02 Å². The molecule has 1 N–H and O–H groups in total. The number of aryl methyl sites for hydroxylation is 1. The van der Waals surface area contributed by atoms with E-state index >= 15 is 0 Å². The highest BCUT2D eigenvalue weighted by molar-refractivity contribution is 6.36. The van der Waals surface area contributed by atoms with E-state index in [-0.39, 0.29) is 5.41 Å². The smallest absolute Gasteiger partial charge is 0.148 e. The topological polar surface area (TPSA) is 90.7 Å². The van der Waals surface area contributed by atoms with Crippen molar-refractivity contribution in [3.05, 3.63) is 59.8 Å². The average Bonchev–Trinajstić information content (AvgIpc) is 3.59. The number of hydrogen-bond acceptors (Lipinski definition) is 6. The number of imidazole rings is 1. The highest BCUT2D eigenvalue weighted by atomic mass is 35.5. The number of benzene rings is 2. The molecule has 8 nitrogen and oxygen atoms in total. The van der Waals surface area contributed by atoms with Gasteiger partial charge in [-0.2, -0.15) is 5.10 Å². The Labute approximate surface area is 199 Å². The van der Waals surface area contributed by atoms with E-state index in [9.17, 15) is 0 Å². The fraction of sp³-hybridized carbons (Fsp3) is 0.280. The third kappa shape index (κ3) is 3.25. The van der Waals surface area contributed by atoms with Crippen molar-refractivity contribution in [2.75, 3.05) is 6.61 Å². The minimum Gasteiger partial charge on any atom is -0.456 e. The maximum atomic E-state index is 6.73. The Morgan fingerprint density at radius 1 is 1.18 bits per heavy atom. The third-order valence-corrected chi connectivity index (χ3v) is 7.16. The molecule has 9 heteroatoms. The van der Waals surface area contributed by atoms with Crippen molar-refractivity contribution >= 4 is 33.7 Å². The maximum absolute atomic E-state index is 6.73. The fourth-order valence-corrected chi connectivity index (χ4v) is 5.33. The number of nitrogens with zero attached hydrogens (tertiary/aromatic N) is 5. The quantitative estimate of drug-likeness (QED) is 0.373. The number of H-pyrrole nitrogens is 1. The van der Waals surface area contributed by atoms with Gasteiger partial charge in [-0.1, -0.05) is 11.6 Å². The van der Waals surface area contributed by atoms with E-state index in [0.29, 0.717) is 33.7 Å². The second-order valence-corrected chi connectivity index (χ2v) is 9.75. The monoisotopic (exact) mass is 472 g/mol. The number of ether oxygens (including phenoxy) is 2. The standard InChI is InChI=1S/C25H21ClN6O2/c1-14-29-18-3-2-16(6-20(18)30-14)34-22-5-4-19-24(23(22)26)31-21(10-27-19)15-9-28-32(11-15)12-25-7-17(8-25)33-13-25/h2-6,9-11,17H,7-8,12-13H2,1H3,(H,29,30). The van der Waals surface area contributed by atoms with E-state index in [1.54, 1.807) is 6.20 Å². The van der Waals surface area contributed by atoms with E-state index in [1.807, 2.05) is 54.3 Å². The third-order valence-electron chi connectivity index (χ3n) is 6.79. The molecule has 3 fully saturated rings. The van der Waals surface area contributed by atoms with E-state index in [4.69, 9.17) is 26.1 Å². The molecule has 1 saturated carbocycles. The zero-order valence-electron chi connectivity index (χ0n) is 18.5. The molecule has 8 rings (SSSR count). The van der Waals surface area contributed by atoms with E-state index < -0.39 is 0 Å². The van der Waals surface area contributed by atoms with Gasteiger partial charge in [-0.15, -0.1) is 0 Å². The number of halogens is 1. The van der Waals surface area contributed by atoms with Crippen molar-refractivity contribution in [2.24, 2.45) is 5.41 Å². The fourth-order valence-electron chi connectivity index (χ4n) is 5.09. The number of rotatable bonds is 5. The van der Waals surface area contributed by atoms with Crippen LogP contribution in [0.25, 0.3) is 33.3 Å². The first-order valence-electron chi connectivity index (χ1n) is 11.3. The molecule has 2 bridgehead atoms. The number of aromatic nitrogens is 6. The van der Waals surface area contributed by atoms with Crippen LogP contribution in [0.5, 0.6) is 11.5 Å². The van der Waals surface area contributed by atoms with Crippen LogP contribution in [0.3, 0.4) is 0 Å². The summed E-state index contributed by atoms with van der Waals surface area (Å²) in [4.78, 5) is 17.0. The van der Waals surface area contributed by atoms with Crippen molar-refractivity contribution in [2.45, 2.75) is 32.4 Å². The lowest BCUT2D eigenvalue weighted by atomic mass is 9.70. The van der Waals surface area contributed by atoms with Crippen LogP contribution in [0.15, 0.2) is 48.9 Å². The van der Waals surface area contributed by atoms with Gasteiger partial charge in [0, 0.05) is 29.8 Å². The zero-order valence-corrected chi connectivity index (χ0v) is 19.2. The Kier molecular flexibility index (Phi) is 4.25. The first kappa shape index (κ1) is 19.9. The SMILES string of the molecule is Cc1nc2ccc(Oc3ccc4ncc(-c5cnn(CC67COC(C6)C7)c5)nc4c3Cl)cc2[nH]1. The molecule has 2 aliphatic heterocycles. The second-order valence-electron chi connectivity index (χ2n) is 9.37. The summed E-state index contributed by atoms with van der Waals surface area (Å²) in [6.07, 6.45) is 8.31. The van der Waals surface area contributed by atoms with Crippen LogP contribution < -0.4 is 4.74 Å². The molecule has 0 unspecified atom stereocenters. The molecule has 34 heavy (non-hydrogen) atoms. The van der Waals surface area contributed by atoms with Gasteiger partial charge < -0.3 is 14.5 Å². The summed E-state index contributed by atoms with van der Waals surface area (Å²) in [5, 5.41) is 4.98. The first-order valence-corrected chi connectivity index (χ1v) is 11.7. The van der Waals surface area contributed by atoms with Crippen LogP contribution in [-0.2, 0) is 11.3 Å². The predicted molar refractivity (Wildman–Crippen MR) is 128 cm³/mol. The first-order chi connectivity index (χ1) is 16.5. The summed E-state index contributed by atoms with van der Waals surface area (Å²) in [6.45, 7) is 3.61. The van der Waals surface area contributed by atoms with Crippen LogP contribution in [0.1, 0.15) is 18.7 Å². The molecule has 5 aromatic rings. The molecule has 3 aromatic heterocycles. The van der Waals surface area contributed by atoms with Gasteiger partial charge in [0.05, 0.1) is 47.3 Å². The van der Waals surface area contributed by atoms with Gasteiger partial charge in [-0.3, -0.25) is 9.67 Å². The molecule has 0 spiro atoms. The van der Waals surface area contributed by atoms with Crippen molar-refractivity contribution in [3.63, 3.8) is 0 Å². The lowest BCUT2D eigenvalue weighted by Gasteiger charge is -2.34. The molecular weight excluding hydrogens is 452 g/mol. The van der Waals surface area contributed by atoms with Gasteiger partial charge in [-0.25, -0.2) is 9.97 Å². The summed E-state index contributed by atoms with van der Waals surface area (Å²) >= 11 is 6.73. The van der Waals surface area contributed by atoms with Crippen molar-refractivity contribution in [1.82, 2.24) is 29.7 Å². The van der Waals surface area contributed by atoms with Crippen molar-refractivity contribution < 1.29 is 9.47 Å². The van der Waals surface area contributed by atoms with E-state index in [2.05, 4.69) is 20.1 Å². The largest absolute Gasteiger partial charge is 0.456 e. The second kappa shape index (κ2) is 7.25. The van der Waals surface area contributed by atoms with Crippen molar-refractivity contribution in [1.29, 1.82) is 0 Å². The molecule has 2 saturated heterocycles. The Morgan fingerprint density at radius 3 is 2.91 bits per heavy atom. The molecular formula is C25H21ClN6O2. The van der Waals surface area contributed by atoms with Gasteiger partial charge >= 0.3 is 0 Å². The van der Waals surface area contributed by atoms with Gasteiger partial charge in [0.15, 0.2) is 0 Å². The molecule has 2 aromatic carbocycles. The molecule has 0 atom stereocenters. The zero-order chi connectivity index (χ0) is 22.9. The summed E-state index contributed by atoms with van der Waals surface area (Å²) in [5.41, 5.74) is 4.97. The molecule has 3 aliphatic rings. The van der Waals surface area contributed by atoms with E-state index in [1.165, 1.54) is 0 Å². The number of hydrogen-bond donors (Lipinski definition) is 1. The number of fused-ring (bicyclic) bond motifs is 3. The lowest BCUT2D eigenvalue weighted by Crippen LogP contribution is -2.36. The molecule has 1 aliphatic carbocycles. The van der Waals surface area contributed by atoms with E-state index in [0.717, 1.165) is 54.1 Å². The molecule has 0 radical (unpaired) electrons. The van der Waals surface area contributed by atoms with Gasteiger partial charge in [0.2, 0.25) is 0 Å². The summed E-state index contributed by atoms with van der Waals surface area (Å²) in [6, 6.07) is 9.38. The highest BCUT2D eigenvalue weighted by Crippen LogP contribution is 2.51. The number of aromatic amines is 1. The Hall–Kier alpha value is -3.49. The average molecular weight is 473 g/mol. The van der Waals surface area contributed by atoms with Crippen LogP contribution in [0.4, 0.5) is 0 Å². The Balaban J connectivity index is 1.19. The van der Waals surface area contributed by atoms with Crippen LogP contribution >= 0.6 is 11.6 Å². The maximum Gasteiger partial charge on any atom is 0.148 e. The Morgan fingerprint density at radius 2 is 2.06 bits per heavy atom. The van der Waals surface area contributed by atoms with Gasteiger partial charge in [0.25, 0.3) is 0 Å². The highest BCUT2D eigenvalue weighted by Gasteiger charge is 2.52. The summed E-state index contributed by atoms with van der Waals surface area (Å²) in [7, 11) is 0. The van der Waals surface area contributed by atoms with Crippen LogP contribution in [-0.4, -0.2) is 42.4 Å². The molecule has 170 valence electrons. The Bertz CT molecular complexity index is 1560. The normalized spacial score (nSPS) is 21.3. The minimum atomic E-state index is 0.246. The van der Waals surface area contributed by atoms with Crippen LogP contribution in [0, 0.1) is 12.3 Å². The summed E-state index contributed by atoms with van der Waals surface area (Å²) in [5.74, 6) is 2.04. The predicted octanol–water partition coefficient (Wildman–Crippen LogP) is 5.30. The number of nitrogens with one attached hydrogen (secondary N) is 1. The van der Waals surface area contributed by atoms with Gasteiger partial charge in [0.1, 0.15) is 27.9 Å².